The Morgan fingerprint density at radius 2 is 2.00 bits per heavy atom. The maximum absolute atomic E-state index is 13.2. The minimum atomic E-state index is -0.594. The van der Waals surface area contributed by atoms with Gasteiger partial charge >= 0.3 is 0 Å². The summed E-state index contributed by atoms with van der Waals surface area (Å²) >= 11 is 13.0. The van der Waals surface area contributed by atoms with Crippen LogP contribution < -0.4 is 5.32 Å². The zero-order valence-electron chi connectivity index (χ0n) is 8.93. The van der Waals surface area contributed by atoms with Gasteiger partial charge in [0.1, 0.15) is 5.01 Å². The fourth-order valence-corrected chi connectivity index (χ4v) is 2.52. The molecule has 0 unspecified atom stereocenters. The fraction of sp³-hybridized carbons (Fsp3) is 0.182. The Kier molecular flexibility index (Phi) is 3.86. The first kappa shape index (κ1) is 12.6. The first-order valence-corrected chi connectivity index (χ1v) is 6.49. The van der Waals surface area contributed by atoms with Crippen LogP contribution >= 0.6 is 34.5 Å². The number of aryl methyl sites for hydroxylation is 1. The molecule has 2 nitrogen and oxygen atoms in total. The van der Waals surface area contributed by atoms with E-state index in [-0.39, 0.29) is 10.0 Å². The van der Waals surface area contributed by atoms with Gasteiger partial charge in [-0.3, -0.25) is 0 Å². The lowest BCUT2D eigenvalue weighted by Gasteiger charge is -2.06. The zero-order chi connectivity index (χ0) is 12.4. The monoisotopic (exact) mass is 290 g/mol. The second kappa shape index (κ2) is 5.21. The van der Waals surface area contributed by atoms with Crippen LogP contribution in [0.1, 0.15) is 10.7 Å². The molecule has 0 aliphatic carbocycles. The number of hydrogen-bond donors (Lipinski definition) is 1. The molecule has 0 radical (unpaired) electrons. The van der Waals surface area contributed by atoms with Crippen LogP contribution in [0.5, 0.6) is 0 Å². The van der Waals surface area contributed by atoms with Gasteiger partial charge in [0.15, 0.2) is 5.82 Å². The van der Waals surface area contributed by atoms with E-state index in [1.807, 2.05) is 12.3 Å². The summed E-state index contributed by atoms with van der Waals surface area (Å²) in [7, 11) is 0. The highest BCUT2D eigenvalue weighted by Gasteiger charge is 2.07. The first-order chi connectivity index (χ1) is 8.06. The zero-order valence-corrected chi connectivity index (χ0v) is 11.3. The Balaban J connectivity index is 2.09. The van der Waals surface area contributed by atoms with Crippen LogP contribution in [0.4, 0.5) is 10.1 Å². The molecule has 0 aliphatic heterocycles. The fourth-order valence-electron chi connectivity index (χ4n) is 1.32. The van der Waals surface area contributed by atoms with Crippen molar-refractivity contribution in [3.63, 3.8) is 0 Å². The van der Waals surface area contributed by atoms with Crippen LogP contribution in [0.25, 0.3) is 0 Å². The van der Waals surface area contributed by atoms with E-state index in [0.717, 1.165) is 10.7 Å². The molecule has 1 heterocycles. The Bertz CT molecular complexity index is 519. The van der Waals surface area contributed by atoms with Crippen LogP contribution in [-0.2, 0) is 6.54 Å². The Hall–Kier alpha value is -0.840. The number of hydrogen-bond acceptors (Lipinski definition) is 3. The number of anilines is 1. The quantitative estimate of drug-likeness (QED) is 0.842. The van der Waals surface area contributed by atoms with Crippen molar-refractivity contribution in [3.05, 3.63) is 44.1 Å². The molecule has 1 N–H and O–H groups in total. The van der Waals surface area contributed by atoms with E-state index in [4.69, 9.17) is 23.2 Å². The second-order valence-electron chi connectivity index (χ2n) is 3.49. The van der Waals surface area contributed by atoms with Crippen molar-refractivity contribution < 1.29 is 4.39 Å². The highest BCUT2D eigenvalue weighted by Crippen LogP contribution is 2.27. The van der Waals surface area contributed by atoms with Gasteiger partial charge < -0.3 is 5.32 Å². The predicted molar refractivity (Wildman–Crippen MR) is 70.6 cm³/mol. The average molecular weight is 291 g/mol. The topological polar surface area (TPSA) is 24.9 Å². The summed E-state index contributed by atoms with van der Waals surface area (Å²) in [4.78, 5) is 4.30. The minimum absolute atomic E-state index is 0.00955. The van der Waals surface area contributed by atoms with E-state index >= 15 is 0 Å². The molecule has 0 bridgehead atoms. The van der Waals surface area contributed by atoms with Crippen LogP contribution in [0, 0.1) is 12.7 Å². The van der Waals surface area contributed by atoms with E-state index in [0.29, 0.717) is 12.2 Å². The van der Waals surface area contributed by atoms with Crippen molar-refractivity contribution >= 4 is 40.2 Å². The highest BCUT2D eigenvalue weighted by atomic mass is 35.5. The third-order valence-electron chi connectivity index (χ3n) is 2.09. The van der Waals surface area contributed by atoms with Crippen molar-refractivity contribution in [1.82, 2.24) is 4.98 Å². The molecule has 0 saturated heterocycles. The molecule has 6 heteroatoms. The second-order valence-corrected chi connectivity index (χ2v) is 5.25. The number of rotatable bonds is 3. The van der Waals surface area contributed by atoms with Gasteiger partial charge in [-0.1, -0.05) is 23.2 Å². The van der Waals surface area contributed by atoms with E-state index < -0.39 is 5.82 Å². The van der Waals surface area contributed by atoms with E-state index in [1.165, 1.54) is 12.1 Å². The maximum Gasteiger partial charge on any atom is 0.160 e. The summed E-state index contributed by atoms with van der Waals surface area (Å²) in [5.74, 6) is -0.594. The smallest absolute Gasteiger partial charge is 0.160 e. The molecular weight excluding hydrogens is 282 g/mol. The lowest BCUT2D eigenvalue weighted by molar-refractivity contribution is 0.629. The Labute approximate surface area is 112 Å². The van der Waals surface area contributed by atoms with Gasteiger partial charge in [-0.15, -0.1) is 11.3 Å². The largest absolute Gasteiger partial charge is 0.378 e. The molecule has 17 heavy (non-hydrogen) atoms. The van der Waals surface area contributed by atoms with Crippen molar-refractivity contribution in [3.8, 4) is 0 Å². The predicted octanol–water partition coefficient (Wildman–Crippen LogP) is 4.51. The number of thiazole rings is 1. The van der Waals surface area contributed by atoms with E-state index in [2.05, 4.69) is 10.3 Å². The number of benzene rings is 1. The molecule has 0 aliphatic rings. The number of halogens is 3. The number of aromatic nitrogens is 1. The molecule has 0 amide bonds. The van der Waals surface area contributed by atoms with Gasteiger partial charge in [-0.25, -0.2) is 9.37 Å². The van der Waals surface area contributed by atoms with Gasteiger partial charge in [0.25, 0.3) is 0 Å². The molecule has 1 aromatic heterocycles. The number of nitrogens with zero attached hydrogens (tertiary/aromatic N) is 1. The summed E-state index contributed by atoms with van der Waals surface area (Å²) in [5.41, 5.74) is 1.66. The first-order valence-electron chi connectivity index (χ1n) is 4.85. The average Bonchev–Trinajstić information content (AvgIpc) is 2.69. The van der Waals surface area contributed by atoms with Crippen molar-refractivity contribution in [1.29, 1.82) is 0 Å². The third-order valence-corrected chi connectivity index (χ3v) is 3.61. The van der Waals surface area contributed by atoms with E-state index in [1.54, 1.807) is 11.3 Å². The minimum Gasteiger partial charge on any atom is -0.378 e. The van der Waals surface area contributed by atoms with Gasteiger partial charge in [-0.05, 0) is 19.1 Å². The molecule has 90 valence electrons. The lowest BCUT2D eigenvalue weighted by Crippen LogP contribution is -1.99. The van der Waals surface area contributed by atoms with Crippen molar-refractivity contribution in [2.45, 2.75) is 13.5 Å². The number of nitrogens with one attached hydrogen (secondary N) is 1. The van der Waals surface area contributed by atoms with Crippen LogP contribution in [0.3, 0.4) is 0 Å². The van der Waals surface area contributed by atoms with Gasteiger partial charge in [0.2, 0.25) is 0 Å². The molecule has 2 aromatic rings. The van der Waals surface area contributed by atoms with Gasteiger partial charge in [0, 0.05) is 16.8 Å². The molecule has 0 atom stereocenters. The molecule has 1 aromatic carbocycles. The van der Waals surface area contributed by atoms with Crippen molar-refractivity contribution in [2.75, 3.05) is 5.32 Å². The van der Waals surface area contributed by atoms with Crippen LogP contribution in [0.2, 0.25) is 10.0 Å². The molecule has 2 rings (SSSR count). The highest BCUT2D eigenvalue weighted by molar-refractivity contribution is 7.09. The standard InChI is InChI=1S/C11H9Cl2FN2S/c1-6-5-17-10(16-6)4-15-7-2-8(12)11(14)9(13)3-7/h2-3,5,15H,4H2,1H3. The SMILES string of the molecule is Cc1csc(CNc2cc(Cl)c(F)c(Cl)c2)n1. The van der Waals surface area contributed by atoms with Crippen LogP contribution in [-0.4, -0.2) is 4.98 Å². The van der Waals surface area contributed by atoms with Gasteiger partial charge in [0.05, 0.1) is 16.6 Å². The Morgan fingerprint density at radius 3 is 2.53 bits per heavy atom. The van der Waals surface area contributed by atoms with Crippen LogP contribution in [0.15, 0.2) is 17.5 Å². The Morgan fingerprint density at radius 1 is 1.35 bits per heavy atom. The summed E-state index contributed by atoms with van der Waals surface area (Å²) in [5, 5.41) is 6.05. The molecular formula is C11H9Cl2FN2S. The lowest BCUT2D eigenvalue weighted by atomic mass is 10.3. The van der Waals surface area contributed by atoms with Gasteiger partial charge in [-0.2, -0.15) is 0 Å². The third kappa shape index (κ3) is 3.09. The van der Waals surface area contributed by atoms with Crippen molar-refractivity contribution in [2.24, 2.45) is 0 Å². The summed E-state index contributed by atoms with van der Waals surface area (Å²) in [6.07, 6.45) is 0. The summed E-state index contributed by atoms with van der Waals surface area (Å²) < 4.78 is 13.2. The maximum atomic E-state index is 13.2. The van der Waals surface area contributed by atoms with E-state index in [9.17, 15) is 4.39 Å². The summed E-state index contributed by atoms with van der Waals surface area (Å²) in [6, 6.07) is 3.01. The normalized spacial score (nSPS) is 10.6. The summed E-state index contributed by atoms with van der Waals surface area (Å²) in [6.45, 7) is 2.50. The molecule has 0 spiro atoms. The molecule has 0 fully saturated rings. The molecule has 0 saturated carbocycles.